The first-order valence-electron chi connectivity index (χ1n) is 4.96. The maximum Gasteiger partial charge on any atom is 0.481 e. The predicted molar refractivity (Wildman–Crippen MR) is 63.9 cm³/mol. The molecule has 0 rings (SSSR count). The molecule has 0 amide bonds. The maximum atomic E-state index is 11.2. The van der Waals surface area contributed by atoms with Gasteiger partial charge in [0.1, 0.15) is 12.2 Å². The molecule has 0 aliphatic carbocycles. The average molecular weight is 390 g/mol. The van der Waals surface area contributed by atoms with Gasteiger partial charge in [-0.2, -0.15) is 4.31 Å². The maximum absolute atomic E-state index is 11.2. The first kappa shape index (κ1) is 22.0. The van der Waals surface area contributed by atoms with E-state index in [1.165, 1.54) is 0 Å². The van der Waals surface area contributed by atoms with Gasteiger partial charge in [-0.25, -0.2) is 13.7 Å². The Bertz CT molecular complexity index is 505. The van der Waals surface area contributed by atoms with E-state index >= 15 is 0 Å². The standard InChI is InChI=1S/C5H13O14P3/c6-1-4(18-22(15,16)19-21(12,13)14)5(8)3(7)2-17-20(9,10)11/h1,3-5,7-8H,2H2,(H,15,16)(H2,9,10,11)(H2,12,13,14)/t3-,4+,5-/m1/s1. The zero-order chi connectivity index (χ0) is 17.8. The highest BCUT2D eigenvalue weighted by atomic mass is 31.3. The van der Waals surface area contributed by atoms with Crippen molar-refractivity contribution in [2.75, 3.05) is 6.61 Å². The van der Waals surface area contributed by atoms with E-state index in [0.29, 0.717) is 0 Å². The topological polar surface area (TPSA) is 238 Å². The lowest BCUT2D eigenvalue weighted by molar-refractivity contribution is -0.126. The number of phosphoric acid groups is 3. The molecule has 0 heterocycles. The van der Waals surface area contributed by atoms with Gasteiger partial charge in [0.05, 0.1) is 6.61 Å². The first-order chi connectivity index (χ1) is 9.67. The third-order valence-corrected chi connectivity index (χ3v) is 4.41. The van der Waals surface area contributed by atoms with E-state index in [9.17, 15) is 28.7 Å². The third kappa shape index (κ3) is 9.87. The van der Waals surface area contributed by atoms with Crippen LogP contribution in [-0.2, 0) is 31.8 Å². The lowest BCUT2D eigenvalue weighted by Crippen LogP contribution is -2.41. The minimum Gasteiger partial charge on any atom is -0.388 e. The normalized spacial score (nSPS) is 20.0. The summed E-state index contributed by atoms with van der Waals surface area (Å²) in [6, 6.07) is 0. The van der Waals surface area contributed by atoms with Crippen LogP contribution >= 0.6 is 23.5 Å². The van der Waals surface area contributed by atoms with Crippen LogP contribution in [0.2, 0.25) is 0 Å². The summed E-state index contributed by atoms with van der Waals surface area (Å²) in [5, 5.41) is 18.7. The van der Waals surface area contributed by atoms with Gasteiger partial charge in [-0.3, -0.25) is 9.05 Å². The van der Waals surface area contributed by atoms with Crippen LogP contribution in [0.4, 0.5) is 0 Å². The molecule has 22 heavy (non-hydrogen) atoms. The van der Waals surface area contributed by atoms with E-state index in [2.05, 4.69) is 13.4 Å². The van der Waals surface area contributed by atoms with Crippen LogP contribution in [0.25, 0.3) is 0 Å². The van der Waals surface area contributed by atoms with Crippen molar-refractivity contribution in [3.63, 3.8) is 0 Å². The fraction of sp³-hybridized carbons (Fsp3) is 0.800. The van der Waals surface area contributed by atoms with Gasteiger partial charge >= 0.3 is 23.5 Å². The van der Waals surface area contributed by atoms with E-state index in [0.717, 1.165) is 0 Å². The van der Waals surface area contributed by atoms with Crippen molar-refractivity contribution in [2.24, 2.45) is 0 Å². The van der Waals surface area contributed by atoms with Crippen LogP contribution in [0.3, 0.4) is 0 Å². The monoisotopic (exact) mass is 390 g/mol. The molecule has 0 aromatic heterocycles. The highest BCUT2D eigenvalue weighted by Crippen LogP contribution is 2.58. The molecule has 14 nitrogen and oxygen atoms in total. The molecule has 17 heteroatoms. The molecule has 4 atom stereocenters. The van der Waals surface area contributed by atoms with E-state index in [4.69, 9.17) is 24.5 Å². The van der Waals surface area contributed by atoms with Crippen LogP contribution in [0.15, 0.2) is 0 Å². The lowest BCUT2D eigenvalue weighted by Gasteiger charge is -2.24. The molecule has 0 aliphatic rings. The van der Waals surface area contributed by atoms with Gasteiger partial charge in [0.25, 0.3) is 0 Å². The van der Waals surface area contributed by atoms with Gasteiger partial charge in [-0.1, -0.05) is 0 Å². The second kappa shape index (κ2) is 8.18. The summed E-state index contributed by atoms with van der Waals surface area (Å²) in [5.74, 6) is 0. The SMILES string of the molecule is O=C[C@H](OP(=O)(O)OP(=O)(O)O)[C@H](O)[C@H](O)COP(=O)(O)O. The number of carbonyl (C=O) groups is 1. The summed E-state index contributed by atoms with van der Waals surface area (Å²) in [6.07, 6.45) is -7.13. The van der Waals surface area contributed by atoms with Crippen molar-refractivity contribution in [1.82, 2.24) is 0 Å². The van der Waals surface area contributed by atoms with Crippen LogP contribution < -0.4 is 0 Å². The van der Waals surface area contributed by atoms with Crippen LogP contribution in [-0.4, -0.2) is 65.9 Å². The van der Waals surface area contributed by atoms with Crippen molar-refractivity contribution < 1.29 is 66.5 Å². The quantitative estimate of drug-likeness (QED) is 0.152. The van der Waals surface area contributed by atoms with Crippen molar-refractivity contribution in [3.8, 4) is 0 Å². The van der Waals surface area contributed by atoms with Crippen molar-refractivity contribution in [1.29, 1.82) is 0 Å². The van der Waals surface area contributed by atoms with E-state index in [1.54, 1.807) is 0 Å². The number of hydrogen-bond donors (Lipinski definition) is 7. The molecule has 0 saturated heterocycles. The van der Waals surface area contributed by atoms with E-state index < -0.39 is 48.4 Å². The molecule has 0 aromatic carbocycles. The minimum atomic E-state index is -5.49. The summed E-state index contributed by atoms with van der Waals surface area (Å²) in [5.41, 5.74) is 0. The third-order valence-electron chi connectivity index (χ3n) is 1.74. The largest absolute Gasteiger partial charge is 0.481 e. The number of hydrogen-bond acceptors (Lipinski definition) is 9. The Morgan fingerprint density at radius 3 is 1.82 bits per heavy atom. The number of rotatable bonds is 10. The zero-order valence-corrected chi connectivity index (χ0v) is 13.0. The Morgan fingerprint density at radius 1 is 0.955 bits per heavy atom. The highest BCUT2D eigenvalue weighted by Gasteiger charge is 2.39. The minimum absolute atomic E-state index is 0.322. The molecule has 7 N–H and O–H groups in total. The summed E-state index contributed by atoms with van der Waals surface area (Å²) in [4.78, 5) is 53.0. The molecular formula is C5H13O14P3. The summed E-state index contributed by atoms with van der Waals surface area (Å²) in [7, 11) is -16.0. The zero-order valence-electron chi connectivity index (χ0n) is 10.3. The van der Waals surface area contributed by atoms with Gasteiger partial charge < -0.3 is 39.5 Å². The summed E-state index contributed by atoms with van der Waals surface area (Å²) in [6.45, 7) is -1.19. The van der Waals surface area contributed by atoms with E-state index in [-0.39, 0.29) is 6.29 Å². The van der Waals surface area contributed by atoms with Crippen molar-refractivity contribution >= 4 is 29.8 Å². The highest BCUT2D eigenvalue weighted by molar-refractivity contribution is 7.60. The Kier molecular flexibility index (Phi) is 8.16. The molecule has 0 aliphatic heterocycles. The smallest absolute Gasteiger partial charge is 0.388 e. The Hall–Kier alpha value is -0.0400. The first-order valence-corrected chi connectivity index (χ1v) is 9.52. The van der Waals surface area contributed by atoms with Crippen LogP contribution in [0, 0.1) is 0 Å². The van der Waals surface area contributed by atoms with Crippen molar-refractivity contribution in [2.45, 2.75) is 18.3 Å². The number of carbonyl (C=O) groups excluding carboxylic acids is 1. The molecule has 0 fully saturated rings. The van der Waals surface area contributed by atoms with Gasteiger partial charge in [0.2, 0.25) is 0 Å². The fourth-order valence-electron chi connectivity index (χ4n) is 0.966. The fourth-order valence-corrected chi connectivity index (χ4v) is 3.02. The van der Waals surface area contributed by atoms with Gasteiger partial charge in [-0.05, 0) is 0 Å². The molecule has 132 valence electrons. The second-order valence-electron chi connectivity index (χ2n) is 3.59. The van der Waals surface area contributed by atoms with Gasteiger partial charge in [-0.15, -0.1) is 0 Å². The Labute approximate surface area is 122 Å². The van der Waals surface area contributed by atoms with Crippen LogP contribution in [0.1, 0.15) is 0 Å². The number of aldehydes is 1. The van der Waals surface area contributed by atoms with Crippen molar-refractivity contribution in [3.05, 3.63) is 0 Å². The molecule has 0 spiro atoms. The summed E-state index contributed by atoms with van der Waals surface area (Å²) < 4.78 is 43.0. The lowest BCUT2D eigenvalue weighted by atomic mass is 10.1. The summed E-state index contributed by atoms with van der Waals surface area (Å²) >= 11 is 0. The molecule has 0 bridgehead atoms. The number of aliphatic hydroxyl groups excluding tert-OH is 2. The predicted octanol–water partition coefficient (Wildman–Crippen LogP) is -2.39. The molecule has 0 aromatic rings. The van der Waals surface area contributed by atoms with E-state index in [1.807, 2.05) is 0 Å². The Balaban J connectivity index is 4.82. The van der Waals surface area contributed by atoms with Crippen LogP contribution in [0.5, 0.6) is 0 Å². The molecular weight excluding hydrogens is 377 g/mol. The average Bonchev–Trinajstić information content (AvgIpc) is 2.28. The van der Waals surface area contributed by atoms with Gasteiger partial charge in [0.15, 0.2) is 12.4 Å². The molecule has 1 unspecified atom stereocenters. The molecule has 0 saturated carbocycles. The second-order valence-corrected chi connectivity index (χ2v) is 7.61. The molecule has 0 radical (unpaired) electrons. The van der Waals surface area contributed by atoms with Gasteiger partial charge in [0, 0.05) is 0 Å². The number of phosphoric ester groups is 2. The number of aliphatic hydroxyl groups is 2. The Morgan fingerprint density at radius 2 is 1.45 bits per heavy atom.